The summed E-state index contributed by atoms with van der Waals surface area (Å²) in [6.07, 6.45) is 37.6. The van der Waals surface area contributed by atoms with Crippen LogP contribution in [0.15, 0.2) is 0 Å². The molecule has 0 aromatic carbocycles. The van der Waals surface area contributed by atoms with Gasteiger partial charge in [-0.2, -0.15) is 0 Å². The highest BCUT2D eigenvalue weighted by atomic mass is 31.2. The van der Waals surface area contributed by atoms with Gasteiger partial charge in [0.1, 0.15) is 19.3 Å². The van der Waals surface area contributed by atoms with Gasteiger partial charge in [-0.1, -0.05) is 260 Å². The maximum absolute atomic E-state index is 13.0. The van der Waals surface area contributed by atoms with Crippen LogP contribution in [-0.2, 0) is 65.4 Å². The number of phosphoric ester groups is 2. The summed E-state index contributed by atoms with van der Waals surface area (Å²) in [4.78, 5) is 72.1. The molecule has 0 aliphatic rings. The van der Waals surface area contributed by atoms with E-state index < -0.39 is 97.5 Å². The molecule has 0 aliphatic heterocycles. The van der Waals surface area contributed by atoms with E-state index in [4.69, 9.17) is 37.0 Å². The van der Waals surface area contributed by atoms with E-state index in [1.54, 1.807) is 0 Å². The second kappa shape index (κ2) is 55.6. The molecule has 0 aromatic heterocycles. The predicted molar refractivity (Wildman–Crippen MR) is 326 cm³/mol. The molecule has 0 radical (unpaired) electrons. The molecular formula is C63H122O17P2. The largest absolute Gasteiger partial charge is 0.472 e. The molecule has 82 heavy (non-hydrogen) atoms. The summed E-state index contributed by atoms with van der Waals surface area (Å²) >= 11 is 0. The minimum atomic E-state index is -4.94. The molecule has 0 amide bonds. The number of hydrogen-bond acceptors (Lipinski definition) is 15. The third-order valence-electron chi connectivity index (χ3n) is 14.5. The fraction of sp³-hybridized carbons (Fsp3) is 0.937. The van der Waals surface area contributed by atoms with Gasteiger partial charge in [0, 0.05) is 25.7 Å². The van der Waals surface area contributed by atoms with Gasteiger partial charge in [0.05, 0.1) is 26.4 Å². The van der Waals surface area contributed by atoms with Gasteiger partial charge in [-0.3, -0.25) is 37.3 Å². The number of aliphatic hydroxyl groups excluding tert-OH is 1. The van der Waals surface area contributed by atoms with Crippen LogP contribution in [-0.4, -0.2) is 96.7 Å². The van der Waals surface area contributed by atoms with E-state index in [2.05, 4.69) is 41.5 Å². The van der Waals surface area contributed by atoms with Crippen LogP contribution >= 0.6 is 15.6 Å². The van der Waals surface area contributed by atoms with Crippen molar-refractivity contribution in [2.75, 3.05) is 39.6 Å². The molecular weight excluding hydrogens is 1090 g/mol. The van der Waals surface area contributed by atoms with Crippen molar-refractivity contribution in [1.29, 1.82) is 0 Å². The third-order valence-corrected chi connectivity index (χ3v) is 16.4. The molecule has 0 aromatic rings. The second-order valence-corrected chi connectivity index (χ2v) is 26.7. The van der Waals surface area contributed by atoms with Crippen LogP contribution in [0.25, 0.3) is 0 Å². The Morgan fingerprint density at radius 2 is 0.561 bits per heavy atom. The Kier molecular flexibility index (Phi) is 54.3. The maximum atomic E-state index is 13.0. The molecule has 0 heterocycles. The molecule has 0 saturated carbocycles. The van der Waals surface area contributed by atoms with Crippen molar-refractivity contribution in [3.8, 4) is 0 Å². The average Bonchev–Trinajstić information content (AvgIpc) is 3.46. The van der Waals surface area contributed by atoms with Gasteiger partial charge < -0.3 is 33.8 Å². The SMILES string of the molecule is CCCCCCCCCCCC(=O)OC[C@H](COP(=O)(O)OC[C@H](O)COP(=O)(O)OC[C@@H](COC(=O)CCCCCCCCCCC(C)C)OC(=O)CCCCCCCCCCCCC(C)C)OC(=O)CCCCCCCCCCC. The topological polar surface area (TPSA) is 237 Å². The predicted octanol–water partition coefficient (Wildman–Crippen LogP) is 17.3. The van der Waals surface area contributed by atoms with Crippen LogP contribution < -0.4 is 0 Å². The molecule has 486 valence electrons. The van der Waals surface area contributed by atoms with Gasteiger partial charge in [0.2, 0.25) is 0 Å². The van der Waals surface area contributed by atoms with Gasteiger partial charge >= 0.3 is 39.5 Å². The fourth-order valence-electron chi connectivity index (χ4n) is 9.35. The van der Waals surface area contributed by atoms with Gasteiger partial charge in [-0.15, -0.1) is 0 Å². The average molecular weight is 1210 g/mol. The Labute approximate surface area is 498 Å². The first-order valence-corrected chi connectivity index (χ1v) is 36.0. The quantitative estimate of drug-likeness (QED) is 0.0222. The van der Waals surface area contributed by atoms with Gasteiger partial charge in [0.15, 0.2) is 12.2 Å². The Hall–Kier alpha value is -1.94. The van der Waals surface area contributed by atoms with Gasteiger partial charge in [-0.05, 0) is 37.5 Å². The lowest BCUT2D eigenvalue weighted by Crippen LogP contribution is -2.30. The van der Waals surface area contributed by atoms with Crippen LogP contribution in [0.2, 0.25) is 0 Å². The van der Waals surface area contributed by atoms with E-state index in [0.717, 1.165) is 102 Å². The van der Waals surface area contributed by atoms with Gasteiger partial charge in [-0.25, -0.2) is 9.13 Å². The zero-order valence-corrected chi connectivity index (χ0v) is 54.6. The lowest BCUT2D eigenvalue weighted by Gasteiger charge is -2.21. The van der Waals surface area contributed by atoms with E-state index in [9.17, 15) is 43.2 Å². The molecule has 17 nitrogen and oxygen atoms in total. The Balaban J connectivity index is 5.23. The summed E-state index contributed by atoms with van der Waals surface area (Å²) in [5.74, 6) is -0.659. The number of aliphatic hydroxyl groups is 1. The lowest BCUT2D eigenvalue weighted by molar-refractivity contribution is -0.161. The number of phosphoric acid groups is 2. The van der Waals surface area contributed by atoms with Crippen molar-refractivity contribution in [3.05, 3.63) is 0 Å². The molecule has 19 heteroatoms. The number of carbonyl (C=O) groups excluding carboxylic acids is 4. The summed E-state index contributed by atoms with van der Waals surface area (Å²) < 4.78 is 67.9. The second-order valence-electron chi connectivity index (χ2n) is 23.7. The van der Waals surface area contributed by atoms with Crippen molar-refractivity contribution in [3.63, 3.8) is 0 Å². The van der Waals surface area contributed by atoms with Crippen LogP contribution in [0.1, 0.15) is 311 Å². The summed E-state index contributed by atoms with van der Waals surface area (Å²) in [6.45, 7) is 9.41. The molecule has 0 saturated heterocycles. The third kappa shape index (κ3) is 57.2. The summed E-state index contributed by atoms with van der Waals surface area (Å²) in [7, 11) is -9.88. The highest BCUT2D eigenvalue weighted by Gasteiger charge is 2.30. The van der Waals surface area contributed by atoms with Crippen molar-refractivity contribution in [2.45, 2.75) is 330 Å². The number of esters is 4. The Bertz CT molecular complexity index is 1620. The molecule has 5 atom stereocenters. The van der Waals surface area contributed by atoms with Crippen LogP contribution in [0.3, 0.4) is 0 Å². The minimum absolute atomic E-state index is 0.105. The normalized spacial score (nSPS) is 14.3. The number of carbonyl (C=O) groups is 4. The highest BCUT2D eigenvalue weighted by molar-refractivity contribution is 7.47. The lowest BCUT2D eigenvalue weighted by atomic mass is 10.0. The van der Waals surface area contributed by atoms with Crippen LogP contribution in [0, 0.1) is 11.8 Å². The summed E-state index contributed by atoms with van der Waals surface area (Å²) in [5, 5.41) is 10.5. The maximum Gasteiger partial charge on any atom is 0.472 e. The first kappa shape index (κ1) is 80.1. The number of ether oxygens (including phenoxy) is 4. The van der Waals surface area contributed by atoms with Crippen LogP contribution in [0.4, 0.5) is 0 Å². The highest BCUT2D eigenvalue weighted by Crippen LogP contribution is 2.45. The van der Waals surface area contributed by atoms with Crippen LogP contribution in [0.5, 0.6) is 0 Å². The molecule has 2 unspecified atom stereocenters. The zero-order valence-electron chi connectivity index (χ0n) is 52.8. The fourth-order valence-corrected chi connectivity index (χ4v) is 10.9. The number of hydrogen-bond donors (Lipinski definition) is 3. The van der Waals surface area contributed by atoms with Crippen molar-refractivity contribution in [2.24, 2.45) is 11.8 Å². The monoisotopic (exact) mass is 1210 g/mol. The molecule has 0 bridgehead atoms. The Morgan fingerprint density at radius 1 is 0.329 bits per heavy atom. The van der Waals surface area contributed by atoms with Crippen molar-refractivity contribution >= 4 is 39.5 Å². The molecule has 0 fully saturated rings. The van der Waals surface area contributed by atoms with E-state index in [1.165, 1.54) is 128 Å². The first-order valence-electron chi connectivity index (χ1n) is 33.0. The molecule has 0 aliphatic carbocycles. The van der Waals surface area contributed by atoms with E-state index in [-0.39, 0.29) is 25.7 Å². The molecule has 0 spiro atoms. The number of rotatable bonds is 62. The van der Waals surface area contributed by atoms with E-state index in [0.29, 0.717) is 25.7 Å². The summed E-state index contributed by atoms with van der Waals surface area (Å²) in [6, 6.07) is 0. The Morgan fingerprint density at radius 3 is 0.829 bits per heavy atom. The van der Waals surface area contributed by atoms with E-state index >= 15 is 0 Å². The summed E-state index contributed by atoms with van der Waals surface area (Å²) in [5.41, 5.74) is 0. The smallest absolute Gasteiger partial charge is 0.462 e. The molecule has 0 rings (SSSR count). The zero-order chi connectivity index (χ0) is 60.8. The standard InChI is InChI=1S/C63H122O17P2/c1-7-9-11-13-15-19-27-33-39-45-60(65)73-51-58(79-62(67)47-41-35-29-20-16-14-12-10-8-2)53-77-81(69,70)75-49-57(64)50-76-82(71,72)78-54-59(52-74-61(66)46-40-34-28-24-23-26-32-38-44-56(5)6)80-63(68)48-42-36-30-22-18-17-21-25-31-37-43-55(3)4/h55-59,64H,7-54H2,1-6H3,(H,69,70)(H,71,72)/t57-,58+,59+/m0/s1. The first-order chi connectivity index (χ1) is 39.4. The minimum Gasteiger partial charge on any atom is -0.462 e. The number of unbranched alkanes of at least 4 members (excludes halogenated alkanes) is 32. The van der Waals surface area contributed by atoms with E-state index in [1.807, 2.05) is 0 Å². The van der Waals surface area contributed by atoms with Crippen molar-refractivity contribution in [1.82, 2.24) is 0 Å². The molecule has 3 N–H and O–H groups in total. The van der Waals surface area contributed by atoms with Crippen molar-refractivity contribution < 1.29 is 80.2 Å². The van der Waals surface area contributed by atoms with Gasteiger partial charge in [0.25, 0.3) is 0 Å².